The highest BCUT2D eigenvalue weighted by Crippen LogP contribution is 2.30. The minimum absolute atomic E-state index is 0.120. The molecule has 0 aromatic rings. The summed E-state index contributed by atoms with van der Waals surface area (Å²) in [4.78, 5) is 12.4. The van der Waals surface area contributed by atoms with E-state index < -0.39 is 11.7 Å². The van der Waals surface area contributed by atoms with Crippen molar-refractivity contribution < 1.29 is 28.6 Å². The lowest BCUT2D eigenvalue weighted by molar-refractivity contribution is -0.608. The summed E-state index contributed by atoms with van der Waals surface area (Å²) in [6.45, 7) is 22.1. The van der Waals surface area contributed by atoms with Gasteiger partial charge in [-0.25, -0.2) is 0 Å². The molecule has 0 aliphatic carbocycles. The van der Waals surface area contributed by atoms with Crippen molar-refractivity contribution >= 4 is 0 Å². The molecule has 0 N–H and O–H groups in total. The highest BCUT2D eigenvalue weighted by molar-refractivity contribution is 4.68. The molecule has 182 valence electrons. The zero-order chi connectivity index (χ0) is 23.2. The standard InChI is InChI=1S/C23H49NO6/c1-11-14-16-26-23(28-20(6)7,27-17-19(4)5)24(29-21(8)13-3)30-22(9,10)18-25-15-12-2/h19-21H,11-18H2,1-10H3. The summed E-state index contributed by atoms with van der Waals surface area (Å²) in [5, 5.41) is 1.29. The van der Waals surface area contributed by atoms with E-state index in [-0.39, 0.29) is 18.1 Å². The van der Waals surface area contributed by atoms with Gasteiger partial charge < -0.3 is 18.9 Å². The lowest BCUT2D eigenvalue weighted by Gasteiger charge is -2.44. The maximum Gasteiger partial charge on any atom is 0.400 e. The number of ether oxygens (including phenoxy) is 4. The van der Waals surface area contributed by atoms with Gasteiger partial charge in [0.15, 0.2) is 0 Å². The Hall–Kier alpha value is -0.280. The molecule has 30 heavy (non-hydrogen) atoms. The van der Waals surface area contributed by atoms with Crippen LogP contribution in [0.5, 0.6) is 0 Å². The van der Waals surface area contributed by atoms with Gasteiger partial charge in [0.05, 0.1) is 32.0 Å². The van der Waals surface area contributed by atoms with Crippen LogP contribution in [0.25, 0.3) is 0 Å². The van der Waals surface area contributed by atoms with E-state index in [4.69, 9.17) is 28.6 Å². The molecule has 0 aromatic carbocycles. The molecule has 7 nitrogen and oxygen atoms in total. The van der Waals surface area contributed by atoms with Crippen molar-refractivity contribution in [3.8, 4) is 0 Å². The van der Waals surface area contributed by atoms with Crippen molar-refractivity contribution in [1.29, 1.82) is 0 Å². The molecule has 0 heterocycles. The predicted octanol–water partition coefficient (Wildman–Crippen LogP) is 5.68. The molecule has 0 amide bonds. The number of hydrogen-bond donors (Lipinski definition) is 0. The van der Waals surface area contributed by atoms with Crippen LogP contribution < -0.4 is 0 Å². The first-order chi connectivity index (χ1) is 14.0. The van der Waals surface area contributed by atoms with E-state index in [0.717, 1.165) is 25.7 Å². The summed E-state index contributed by atoms with van der Waals surface area (Å²) < 4.78 is 24.4. The van der Waals surface area contributed by atoms with Gasteiger partial charge in [0, 0.05) is 11.8 Å². The largest absolute Gasteiger partial charge is 0.400 e. The minimum Gasteiger partial charge on any atom is -0.378 e. The Balaban J connectivity index is 5.90. The third-order valence-corrected chi connectivity index (χ3v) is 3.97. The van der Waals surface area contributed by atoms with Crippen LogP contribution in [0.3, 0.4) is 0 Å². The molecular formula is C23H49NO6. The van der Waals surface area contributed by atoms with Gasteiger partial charge in [-0.15, -0.1) is 0 Å². The second-order valence-electron chi connectivity index (χ2n) is 9.08. The average molecular weight is 436 g/mol. The molecule has 0 saturated carbocycles. The van der Waals surface area contributed by atoms with Crippen molar-refractivity contribution in [2.75, 3.05) is 26.4 Å². The highest BCUT2D eigenvalue weighted by atomic mass is 17.1. The molecule has 0 bridgehead atoms. The van der Waals surface area contributed by atoms with Crippen LogP contribution in [0.4, 0.5) is 0 Å². The van der Waals surface area contributed by atoms with E-state index in [2.05, 4.69) is 34.6 Å². The Morgan fingerprint density at radius 3 is 2.03 bits per heavy atom. The molecule has 0 radical (unpaired) electrons. The normalized spacial score (nSPS) is 15.9. The highest BCUT2D eigenvalue weighted by Gasteiger charge is 2.48. The molecule has 2 unspecified atom stereocenters. The van der Waals surface area contributed by atoms with E-state index in [1.807, 2.05) is 34.6 Å². The number of hydrogen-bond acceptors (Lipinski definition) is 7. The van der Waals surface area contributed by atoms with Crippen LogP contribution >= 0.6 is 0 Å². The number of unbranched alkanes of at least 4 members (excludes halogenated alkanes) is 1. The van der Waals surface area contributed by atoms with Crippen LogP contribution in [-0.2, 0) is 28.6 Å². The number of rotatable bonds is 19. The molecule has 0 rings (SSSR count). The summed E-state index contributed by atoms with van der Waals surface area (Å²) in [5.74, 6) is 0.279. The molecule has 0 spiro atoms. The number of hydroxylamine groups is 2. The van der Waals surface area contributed by atoms with Crippen molar-refractivity contribution in [2.24, 2.45) is 5.92 Å². The van der Waals surface area contributed by atoms with Gasteiger partial charge in [0.2, 0.25) is 0 Å². The van der Waals surface area contributed by atoms with Crippen LogP contribution in [0, 0.1) is 5.92 Å². The van der Waals surface area contributed by atoms with E-state index in [0.29, 0.717) is 26.4 Å². The molecule has 0 fully saturated rings. The summed E-state index contributed by atoms with van der Waals surface area (Å²) >= 11 is 0. The van der Waals surface area contributed by atoms with Crippen molar-refractivity contribution in [1.82, 2.24) is 5.23 Å². The molecule has 0 aromatic heterocycles. The smallest absolute Gasteiger partial charge is 0.378 e. The molecule has 7 heteroatoms. The first kappa shape index (κ1) is 29.7. The SMILES string of the molecule is CCCCOC(OCC(C)C)(OC(C)C)N(OC(C)CC)OC(C)(C)COCCC. The van der Waals surface area contributed by atoms with E-state index in [9.17, 15) is 0 Å². The van der Waals surface area contributed by atoms with Crippen LogP contribution in [0.1, 0.15) is 94.9 Å². The Morgan fingerprint density at radius 2 is 1.53 bits per heavy atom. The van der Waals surface area contributed by atoms with Gasteiger partial charge in [-0.2, -0.15) is 0 Å². The summed E-state index contributed by atoms with van der Waals surface area (Å²) in [6, 6.07) is 0. The van der Waals surface area contributed by atoms with E-state index >= 15 is 0 Å². The Labute approximate surface area is 185 Å². The summed E-state index contributed by atoms with van der Waals surface area (Å²) in [7, 11) is 0. The second kappa shape index (κ2) is 15.5. The predicted molar refractivity (Wildman–Crippen MR) is 120 cm³/mol. The van der Waals surface area contributed by atoms with E-state index in [1.165, 1.54) is 5.23 Å². The van der Waals surface area contributed by atoms with Gasteiger partial charge in [-0.05, 0) is 59.8 Å². The van der Waals surface area contributed by atoms with Crippen molar-refractivity contribution in [2.45, 2.75) is 119 Å². The second-order valence-corrected chi connectivity index (χ2v) is 9.08. The fraction of sp³-hybridized carbons (Fsp3) is 1.00. The van der Waals surface area contributed by atoms with Gasteiger partial charge in [0.25, 0.3) is 0 Å². The molecule has 0 aliphatic rings. The molecule has 2 atom stereocenters. The third-order valence-electron chi connectivity index (χ3n) is 3.97. The van der Waals surface area contributed by atoms with Crippen molar-refractivity contribution in [3.63, 3.8) is 0 Å². The lowest BCUT2D eigenvalue weighted by Crippen LogP contribution is -2.59. The maximum atomic E-state index is 6.30. The Kier molecular flexibility index (Phi) is 15.4. The van der Waals surface area contributed by atoms with Gasteiger partial charge in [-0.1, -0.05) is 41.0 Å². The summed E-state index contributed by atoms with van der Waals surface area (Å²) in [6.07, 6.45) is 1.69. The lowest BCUT2D eigenvalue weighted by atomic mass is 10.2. The van der Waals surface area contributed by atoms with Gasteiger partial charge in [-0.3, -0.25) is 9.68 Å². The monoisotopic (exact) mass is 435 g/mol. The fourth-order valence-electron chi connectivity index (χ4n) is 2.27. The van der Waals surface area contributed by atoms with Crippen LogP contribution in [0.15, 0.2) is 0 Å². The molecular weight excluding hydrogens is 386 g/mol. The van der Waals surface area contributed by atoms with E-state index in [1.54, 1.807) is 0 Å². The maximum absolute atomic E-state index is 6.30. The van der Waals surface area contributed by atoms with Gasteiger partial charge >= 0.3 is 6.10 Å². The first-order valence-corrected chi connectivity index (χ1v) is 11.7. The average Bonchev–Trinajstić information content (AvgIpc) is 2.65. The van der Waals surface area contributed by atoms with Crippen molar-refractivity contribution in [3.05, 3.63) is 0 Å². The fourth-order valence-corrected chi connectivity index (χ4v) is 2.27. The topological polar surface area (TPSA) is 58.6 Å². The quantitative estimate of drug-likeness (QED) is 0.147. The Morgan fingerprint density at radius 1 is 0.867 bits per heavy atom. The zero-order valence-electron chi connectivity index (χ0n) is 21.3. The Bertz CT molecular complexity index is 418. The van der Waals surface area contributed by atoms with Crippen LogP contribution in [-0.4, -0.2) is 55.6 Å². The molecule has 0 saturated heterocycles. The zero-order valence-corrected chi connectivity index (χ0v) is 21.3. The summed E-state index contributed by atoms with van der Waals surface area (Å²) in [5.41, 5.74) is -0.677. The molecule has 0 aliphatic heterocycles. The third kappa shape index (κ3) is 12.5. The van der Waals surface area contributed by atoms with Gasteiger partial charge in [0.1, 0.15) is 5.60 Å². The number of nitrogens with zero attached hydrogens (tertiary/aromatic N) is 1. The van der Waals surface area contributed by atoms with Crippen LogP contribution in [0.2, 0.25) is 0 Å². The minimum atomic E-state index is -1.61. The first-order valence-electron chi connectivity index (χ1n) is 11.7.